The highest BCUT2D eigenvalue weighted by Gasteiger charge is 2.24. The number of hydrogen-bond acceptors (Lipinski definition) is 4. The summed E-state index contributed by atoms with van der Waals surface area (Å²) < 4.78 is 27.8. The molecule has 1 aromatic carbocycles. The normalized spacial score (nSPS) is 19.1. The predicted molar refractivity (Wildman–Crippen MR) is 98.8 cm³/mol. The summed E-state index contributed by atoms with van der Waals surface area (Å²) in [5, 5.41) is 3.07. The first-order valence-electron chi connectivity index (χ1n) is 8.06. The number of hydrogen-bond donors (Lipinski definition) is 2. The Morgan fingerprint density at radius 3 is 2.52 bits per heavy atom. The molecule has 2 unspecified atom stereocenters. The van der Waals surface area contributed by atoms with E-state index in [9.17, 15) is 13.6 Å². The van der Waals surface area contributed by atoms with Crippen molar-refractivity contribution in [3.63, 3.8) is 0 Å². The molecule has 0 amide bonds. The molecular formula is C19H22F2N2OS. The van der Waals surface area contributed by atoms with Crippen LogP contribution < -0.4 is 11.1 Å². The second kappa shape index (κ2) is 8.34. The van der Waals surface area contributed by atoms with E-state index in [1.165, 1.54) is 6.07 Å². The van der Waals surface area contributed by atoms with Crippen molar-refractivity contribution in [1.82, 2.24) is 5.32 Å². The summed E-state index contributed by atoms with van der Waals surface area (Å²) in [5.41, 5.74) is 6.42. The molecule has 1 aliphatic carbocycles. The molecule has 0 radical (unpaired) electrons. The molecule has 0 heterocycles. The van der Waals surface area contributed by atoms with Crippen LogP contribution in [0.15, 0.2) is 52.7 Å². The Balaban J connectivity index is 2.15. The Morgan fingerprint density at radius 2 is 2.00 bits per heavy atom. The number of benzene rings is 1. The molecule has 0 aliphatic heterocycles. The topological polar surface area (TPSA) is 55.1 Å². The monoisotopic (exact) mass is 364 g/mol. The van der Waals surface area contributed by atoms with Gasteiger partial charge in [-0.3, -0.25) is 4.79 Å². The molecule has 1 aliphatic rings. The standard InChI is InChI=1S/C19H22F2N2OS/c1-11-7-9-14(10-8-11)23-13(3)25-19(12(2)22)18(24)17-15(20)5-4-6-16(17)21/h4-7,9-11,13,23H,8,22H2,1-3H3/b19-12+. The summed E-state index contributed by atoms with van der Waals surface area (Å²) in [4.78, 5) is 12.7. The molecule has 0 saturated carbocycles. The van der Waals surface area contributed by atoms with Gasteiger partial charge < -0.3 is 11.1 Å². The van der Waals surface area contributed by atoms with Gasteiger partial charge in [-0.15, -0.1) is 0 Å². The van der Waals surface area contributed by atoms with E-state index in [0.717, 1.165) is 36.0 Å². The summed E-state index contributed by atoms with van der Waals surface area (Å²) >= 11 is 1.15. The Labute approximate surface area is 151 Å². The minimum Gasteiger partial charge on any atom is -0.401 e. The Morgan fingerprint density at radius 1 is 1.36 bits per heavy atom. The summed E-state index contributed by atoms with van der Waals surface area (Å²) in [5.74, 6) is -2.02. The van der Waals surface area contributed by atoms with E-state index >= 15 is 0 Å². The number of carbonyl (C=O) groups is 1. The first-order chi connectivity index (χ1) is 11.8. The van der Waals surface area contributed by atoms with Gasteiger partial charge in [-0.2, -0.15) is 0 Å². The van der Waals surface area contributed by atoms with E-state index in [0.29, 0.717) is 5.92 Å². The van der Waals surface area contributed by atoms with Crippen molar-refractivity contribution < 1.29 is 13.6 Å². The number of halogens is 2. The predicted octanol–water partition coefficient (Wildman–Crippen LogP) is 4.49. The number of rotatable bonds is 6. The quantitative estimate of drug-likeness (QED) is 0.444. The largest absolute Gasteiger partial charge is 0.401 e. The SMILES string of the molecule is C/C(N)=C(\SC(C)NC1=CCC(C)C=C1)C(=O)c1c(F)cccc1F. The minimum absolute atomic E-state index is 0.137. The first kappa shape index (κ1) is 19.2. The molecule has 0 bridgehead atoms. The van der Waals surface area contributed by atoms with Gasteiger partial charge in [0.25, 0.3) is 0 Å². The average Bonchev–Trinajstić information content (AvgIpc) is 2.54. The van der Waals surface area contributed by atoms with Crippen LogP contribution in [0.5, 0.6) is 0 Å². The van der Waals surface area contributed by atoms with Gasteiger partial charge in [0.1, 0.15) is 11.6 Å². The molecule has 25 heavy (non-hydrogen) atoms. The highest BCUT2D eigenvalue weighted by molar-refractivity contribution is 8.04. The molecule has 0 saturated heterocycles. The summed E-state index contributed by atoms with van der Waals surface area (Å²) in [6, 6.07) is 3.34. The number of carbonyl (C=O) groups excluding carboxylic acids is 1. The lowest BCUT2D eigenvalue weighted by atomic mass is 10.0. The molecule has 1 aromatic rings. The third kappa shape index (κ3) is 4.95. The molecule has 3 nitrogen and oxygen atoms in total. The number of thioether (sulfide) groups is 1. The zero-order chi connectivity index (χ0) is 18.6. The highest BCUT2D eigenvalue weighted by atomic mass is 32.2. The average molecular weight is 364 g/mol. The van der Waals surface area contributed by atoms with E-state index in [-0.39, 0.29) is 16.0 Å². The smallest absolute Gasteiger partial charge is 0.207 e. The van der Waals surface area contributed by atoms with Gasteiger partial charge in [-0.1, -0.05) is 36.9 Å². The molecule has 134 valence electrons. The van der Waals surface area contributed by atoms with Crippen LogP contribution in [0, 0.1) is 17.6 Å². The first-order valence-corrected chi connectivity index (χ1v) is 8.94. The van der Waals surface area contributed by atoms with E-state index in [1.807, 2.05) is 13.0 Å². The number of nitrogens with one attached hydrogen (secondary N) is 1. The zero-order valence-corrected chi connectivity index (χ0v) is 15.3. The third-order valence-corrected chi connectivity index (χ3v) is 4.95. The Kier molecular flexibility index (Phi) is 6.42. The molecular weight excluding hydrogens is 342 g/mol. The van der Waals surface area contributed by atoms with Crippen molar-refractivity contribution in [2.45, 2.75) is 32.6 Å². The number of nitrogens with two attached hydrogens (primary N) is 1. The maximum Gasteiger partial charge on any atom is 0.207 e. The maximum absolute atomic E-state index is 13.9. The van der Waals surface area contributed by atoms with Crippen molar-refractivity contribution in [2.24, 2.45) is 11.7 Å². The van der Waals surface area contributed by atoms with Crippen molar-refractivity contribution in [2.75, 3.05) is 0 Å². The Bertz CT molecular complexity index is 732. The second-order valence-electron chi connectivity index (χ2n) is 6.07. The van der Waals surface area contributed by atoms with Crippen molar-refractivity contribution in [3.05, 3.63) is 69.9 Å². The molecule has 0 aromatic heterocycles. The van der Waals surface area contributed by atoms with Gasteiger partial charge >= 0.3 is 0 Å². The lowest BCUT2D eigenvalue weighted by Gasteiger charge is -2.20. The number of allylic oxidation sites excluding steroid dienone is 5. The fraction of sp³-hybridized carbons (Fsp3) is 0.316. The maximum atomic E-state index is 13.9. The van der Waals surface area contributed by atoms with Crippen LogP contribution in [0.3, 0.4) is 0 Å². The van der Waals surface area contributed by atoms with Crippen LogP contribution in [-0.2, 0) is 0 Å². The van der Waals surface area contributed by atoms with Crippen LogP contribution >= 0.6 is 11.8 Å². The van der Waals surface area contributed by atoms with E-state index < -0.39 is 23.0 Å². The summed E-state index contributed by atoms with van der Waals surface area (Å²) in [6.45, 7) is 5.54. The van der Waals surface area contributed by atoms with E-state index in [4.69, 9.17) is 5.73 Å². The van der Waals surface area contributed by atoms with Crippen molar-refractivity contribution in [1.29, 1.82) is 0 Å². The molecule has 6 heteroatoms. The minimum atomic E-state index is -0.892. The molecule has 2 rings (SSSR count). The van der Waals surface area contributed by atoms with Crippen LogP contribution in [0.4, 0.5) is 8.78 Å². The summed E-state index contributed by atoms with van der Waals surface area (Å²) in [7, 11) is 0. The van der Waals surface area contributed by atoms with Gasteiger partial charge in [0, 0.05) is 11.4 Å². The van der Waals surface area contributed by atoms with Gasteiger partial charge in [0.2, 0.25) is 5.78 Å². The Hall–Kier alpha value is -2.08. The lowest BCUT2D eigenvalue weighted by Crippen LogP contribution is -2.24. The van der Waals surface area contributed by atoms with Gasteiger partial charge in [-0.05, 0) is 44.4 Å². The third-order valence-electron chi connectivity index (χ3n) is 3.73. The van der Waals surface area contributed by atoms with Crippen LogP contribution in [0.25, 0.3) is 0 Å². The highest BCUT2D eigenvalue weighted by Crippen LogP contribution is 2.29. The molecule has 3 N–H and O–H groups in total. The molecule has 2 atom stereocenters. The van der Waals surface area contributed by atoms with E-state index in [1.54, 1.807) is 6.92 Å². The molecule has 0 fully saturated rings. The van der Waals surface area contributed by atoms with Crippen LogP contribution in [0.2, 0.25) is 0 Å². The molecule has 0 spiro atoms. The fourth-order valence-electron chi connectivity index (χ4n) is 2.43. The number of Topliss-reactive ketones (excluding diaryl/α,β-unsaturated/α-hetero) is 1. The zero-order valence-electron chi connectivity index (χ0n) is 14.5. The van der Waals surface area contributed by atoms with Crippen molar-refractivity contribution >= 4 is 17.5 Å². The number of ketones is 1. The second-order valence-corrected chi connectivity index (χ2v) is 7.42. The lowest BCUT2D eigenvalue weighted by molar-refractivity contribution is 0.103. The fourth-order valence-corrected chi connectivity index (χ4v) is 3.37. The van der Waals surface area contributed by atoms with Crippen LogP contribution in [-0.4, -0.2) is 11.2 Å². The van der Waals surface area contributed by atoms with Gasteiger partial charge in [-0.25, -0.2) is 8.78 Å². The van der Waals surface area contributed by atoms with Crippen LogP contribution in [0.1, 0.15) is 37.6 Å². The van der Waals surface area contributed by atoms with Crippen molar-refractivity contribution in [3.8, 4) is 0 Å². The van der Waals surface area contributed by atoms with Gasteiger partial charge in [0.05, 0.1) is 15.8 Å². The van der Waals surface area contributed by atoms with E-state index in [2.05, 4.69) is 24.4 Å². The van der Waals surface area contributed by atoms with Gasteiger partial charge in [0.15, 0.2) is 0 Å². The summed E-state index contributed by atoms with van der Waals surface area (Å²) in [6.07, 6.45) is 7.11.